The summed E-state index contributed by atoms with van der Waals surface area (Å²) in [7, 11) is 1.33. The molecule has 0 aliphatic rings. The van der Waals surface area contributed by atoms with E-state index in [0.717, 1.165) is 6.42 Å². The Bertz CT molecular complexity index is 395. The molecule has 0 fully saturated rings. The van der Waals surface area contributed by atoms with Crippen LogP contribution in [0.2, 0.25) is 0 Å². The maximum Gasteiger partial charge on any atom is 0.330 e. The van der Waals surface area contributed by atoms with Crippen LogP contribution in [0.1, 0.15) is 25.8 Å². The third-order valence-electron chi connectivity index (χ3n) is 2.72. The van der Waals surface area contributed by atoms with Crippen LogP contribution in [-0.4, -0.2) is 19.6 Å². The van der Waals surface area contributed by atoms with Crippen molar-refractivity contribution < 1.29 is 13.9 Å². The maximum absolute atomic E-state index is 13.2. The molecule has 17 heavy (non-hydrogen) atoms. The molecule has 0 aromatic heterocycles. The van der Waals surface area contributed by atoms with Crippen LogP contribution in [0.4, 0.5) is 4.39 Å². The average Bonchev–Trinajstić information content (AvgIpc) is 2.34. The van der Waals surface area contributed by atoms with Gasteiger partial charge in [0.15, 0.2) is 0 Å². The lowest BCUT2D eigenvalue weighted by Gasteiger charge is -2.28. The van der Waals surface area contributed by atoms with E-state index in [1.807, 2.05) is 6.92 Å². The summed E-state index contributed by atoms with van der Waals surface area (Å²) in [6, 6.07) is 5.99. The third kappa shape index (κ3) is 3.03. The summed E-state index contributed by atoms with van der Waals surface area (Å²) in [6.07, 6.45) is 0.877. The molecule has 0 spiro atoms. The van der Waals surface area contributed by atoms with Crippen molar-refractivity contribution in [2.45, 2.75) is 25.8 Å². The number of ether oxygens (including phenoxy) is 1. The molecule has 1 aromatic rings. The Morgan fingerprint density at radius 1 is 1.53 bits per heavy atom. The van der Waals surface area contributed by atoms with Gasteiger partial charge in [0, 0.05) is 0 Å². The molecule has 1 aromatic carbocycles. The Labute approximate surface area is 101 Å². The van der Waals surface area contributed by atoms with Crippen LogP contribution in [0.25, 0.3) is 0 Å². The predicted molar refractivity (Wildman–Crippen MR) is 64.1 cm³/mol. The zero-order chi connectivity index (χ0) is 12.9. The Hall–Kier alpha value is -1.42. The first-order valence-corrected chi connectivity index (χ1v) is 5.64. The fourth-order valence-electron chi connectivity index (χ4n) is 1.67. The molecule has 1 atom stereocenters. The Kier molecular flexibility index (Phi) is 4.63. The normalized spacial score (nSPS) is 14.1. The smallest absolute Gasteiger partial charge is 0.330 e. The highest BCUT2D eigenvalue weighted by Gasteiger charge is 2.35. The van der Waals surface area contributed by atoms with E-state index in [1.165, 1.54) is 19.2 Å². The molecular weight excluding hydrogens is 221 g/mol. The van der Waals surface area contributed by atoms with E-state index in [0.29, 0.717) is 12.1 Å². The zero-order valence-corrected chi connectivity index (χ0v) is 10.4. The van der Waals surface area contributed by atoms with Crippen molar-refractivity contribution in [3.05, 3.63) is 35.6 Å². The van der Waals surface area contributed by atoms with Crippen molar-refractivity contribution in [1.82, 2.24) is 5.32 Å². The van der Waals surface area contributed by atoms with Crippen molar-refractivity contribution in [2.75, 3.05) is 13.7 Å². The Morgan fingerprint density at radius 2 is 2.24 bits per heavy atom. The van der Waals surface area contributed by atoms with Crippen LogP contribution >= 0.6 is 0 Å². The summed E-state index contributed by atoms with van der Waals surface area (Å²) in [5.74, 6) is -0.785. The molecule has 0 radical (unpaired) electrons. The maximum atomic E-state index is 13.2. The molecule has 0 aliphatic carbocycles. The van der Waals surface area contributed by atoms with E-state index < -0.39 is 11.5 Å². The SMILES string of the molecule is CCCNC(C)(C(=O)OC)c1cccc(F)c1. The fourth-order valence-corrected chi connectivity index (χ4v) is 1.67. The molecule has 4 heteroatoms. The van der Waals surface area contributed by atoms with Crippen molar-refractivity contribution in [2.24, 2.45) is 0 Å². The number of methoxy groups -OCH3 is 1. The summed E-state index contributed by atoms with van der Waals surface area (Å²) in [5, 5.41) is 3.10. The van der Waals surface area contributed by atoms with E-state index in [2.05, 4.69) is 5.32 Å². The van der Waals surface area contributed by atoms with Gasteiger partial charge in [-0.15, -0.1) is 0 Å². The lowest BCUT2D eigenvalue weighted by molar-refractivity contribution is -0.148. The quantitative estimate of drug-likeness (QED) is 0.801. The molecule has 0 bridgehead atoms. The van der Waals surface area contributed by atoms with Gasteiger partial charge in [-0.3, -0.25) is 5.32 Å². The number of esters is 1. The highest BCUT2D eigenvalue weighted by Crippen LogP contribution is 2.23. The van der Waals surface area contributed by atoms with Crippen LogP contribution < -0.4 is 5.32 Å². The van der Waals surface area contributed by atoms with Crippen LogP contribution in [0, 0.1) is 5.82 Å². The first kappa shape index (κ1) is 13.6. The minimum absolute atomic E-state index is 0.365. The number of halogens is 1. The van der Waals surface area contributed by atoms with Crippen LogP contribution in [-0.2, 0) is 15.1 Å². The minimum atomic E-state index is -1.01. The number of hydrogen-bond acceptors (Lipinski definition) is 3. The largest absolute Gasteiger partial charge is 0.467 e. The number of benzene rings is 1. The van der Waals surface area contributed by atoms with E-state index in [-0.39, 0.29) is 5.82 Å². The monoisotopic (exact) mass is 239 g/mol. The number of carbonyl (C=O) groups excluding carboxylic acids is 1. The van der Waals surface area contributed by atoms with Gasteiger partial charge in [-0.1, -0.05) is 19.1 Å². The summed E-state index contributed by atoms with van der Waals surface area (Å²) in [4.78, 5) is 11.8. The molecule has 1 rings (SSSR count). The van der Waals surface area contributed by atoms with Crippen LogP contribution in [0.15, 0.2) is 24.3 Å². The second-order valence-electron chi connectivity index (χ2n) is 4.05. The molecule has 3 nitrogen and oxygen atoms in total. The van der Waals surface area contributed by atoms with Crippen molar-refractivity contribution in [3.8, 4) is 0 Å². The van der Waals surface area contributed by atoms with Gasteiger partial charge >= 0.3 is 5.97 Å². The van der Waals surface area contributed by atoms with Gasteiger partial charge in [-0.25, -0.2) is 9.18 Å². The van der Waals surface area contributed by atoms with Crippen molar-refractivity contribution >= 4 is 5.97 Å². The molecule has 0 heterocycles. The second kappa shape index (κ2) is 5.77. The number of carbonyl (C=O) groups is 1. The second-order valence-corrected chi connectivity index (χ2v) is 4.05. The molecule has 0 saturated carbocycles. The zero-order valence-electron chi connectivity index (χ0n) is 10.4. The standard InChI is InChI=1S/C13H18FNO2/c1-4-8-15-13(2,12(16)17-3)10-6-5-7-11(14)9-10/h5-7,9,15H,4,8H2,1-3H3. The van der Waals surface area contributed by atoms with Gasteiger partial charge in [0.1, 0.15) is 11.4 Å². The lowest BCUT2D eigenvalue weighted by Crippen LogP contribution is -2.47. The Morgan fingerprint density at radius 3 is 2.76 bits per heavy atom. The third-order valence-corrected chi connectivity index (χ3v) is 2.72. The summed E-state index contributed by atoms with van der Waals surface area (Å²) >= 11 is 0. The highest BCUT2D eigenvalue weighted by molar-refractivity contribution is 5.82. The highest BCUT2D eigenvalue weighted by atomic mass is 19.1. The molecule has 1 unspecified atom stereocenters. The van der Waals surface area contributed by atoms with Crippen LogP contribution in [0.5, 0.6) is 0 Å². The molecule has 1 N–H and O–H groups in total. The molecule has 0 aliphatic heterocycles. The minimum Gasteiger partial charge on any atom is -0.467 e. The van der Waals surface area contributed by atoms with E-state index >= 15 is 0 Å². The number of hydrogen-bond donors (Lipinski definition) is 1. The summed E-state index contributed by atoms with van der Waals surface area (Å²) in [6.45, 7) is 4.35. The van der Waals surface area contributed by atoms with Crippen LogP contribution in [0.3, 0.4) is 0 Å². The lowest BCUT2D eigenvalue weighted by atomic mass is 9.91. The summed E-state index contributed by atoms with van der Waals surface area (Å²) < 4.78 is 18.0. The van der Waals surface area contributed by atoms with Gasteiger partial charge < -0.3 is 4.74 Å². The Balaban J connectivity index is 3.09. The van der Waals surface area contributed by atoms with Gasteiger partial charge in [0.05, 0.1) is 7.11 Å². The first-order valence-electron chi connectivity index (χ1n) is 5.64. The van der Waals surface area contributed by atoms with Gasteiger partial charge in [-0.05, 0) is 37.6 Å². The molecule has 94 valence electrons. The predicted octanol–water partition coefficient (Wildman–Crippen LogP) is 2.21. The molecule has 0 amide bonds. The fraction of sp³-hybridized carbons (Fsp3) is 0.462. The average molecular weight is 239 g/mol. The van der Waals surface area contributed by atoms with Gasteiger partial charge in [-0.2, -0.15) is 0 Å². The van der Waals surface area contributed by atoms with Crippen molar-refractivity contribution in [3.63, 3.8) is 0 Å². The topological polar surface area (TPSA) is 38.3 Å². The van der Waals surface area contributed by atoms with Crippen molar-refractivity contribution in [1.29, 1.82) is 0 Å². The number of rotatable bonds is 5. The van der Waals surface area contributed by atoms with E-state index in [4.69, 9.17) is 4.74 Å². The van der Waals surface area contributed by atoms with Gasteiger partial charge in [0.2, 0.25) is 0 Å². The van der Waals surface area contributed by atoms with E-state index in [1.54, 1.807) is 19.1 Å². The molecular formula is C13H18FNO2. The first-order chi connectivity index (χ1) is 8.04. The number of nitrogens with one attached hydrogen (secondary N) is 1. The summed E-state index contributed by atoms with van der Waals surface area (Å²) in [5.41, 5.74) is -0.440. The van der Waals surface area contributed by atoms with E-state index in [9.17, 15) is 9.18 Å². The molecule has 0 saturated heterocycles. The van der Waals surface area contributed by atoms with Gasteiger partial charge in [0.25, 0.3) is 0 Å².